The molecule has 0 fully saturated rings. The zero-order chi connectivity index (χ0) is 33.3. The Morgan fingerprint density at radius 1 is 0.531 bits per heavy atom. The van der Waals surface area contributed by atoms with Gasteiger partial charge >= 0.3 is 0 Å². The van der Waals surface area contributed by atoms with Gasteiger partial charge in [0.1, 0.15) is 5.82 Å². The van der Waals surface area contributed by atoms with E-state index in [0.29, 0.717) is 51.6 Å². The first-order chi connectivity index (χ1) is 24.1. The van der Waals surface area contributed by atoms with Gasteiger partial charge in [-0.3, -0.25) is 0 Å². The SMILES string of the molecule is CC1C=CC=CC1c1nc(-c2ccccc2)nc(-c2ccc3c(c2)Oc2cc(-c4ccc(C#N)cc4)c(-c4ccc(C#N)cc4)cc2O3)n1. The highest BCUT2D eigenvalue weighted by molar-refractivity contribution is 5.87. The molecule has 5 aromatic carbocycles. The number of ether oxygens (including phenoxy) is 2. The van der Waals surface area contributed by atoms with Gasteiger partial charge in [0.25, 0.3) is 0 Å². The Bertz CT molecular complexity index is 2370. The summed E-state index contributed by atoms with van der Waals surface area (Å²) in [4.78, 5) is 14.8. The van der Waals surface area contributed by atoms with Gasteiger partial charge in [0.05, 0.1) is 23.3 Å². The van der Waals surface area contributed by atoms with Crippen molar-refractivity contribution in [3.8, 4) is 80.2 Å². The summed E-state index contributed by atoms with van der Waals surface area (Å²) in [6, 6.07) is 38.8. The third-order valence-corrected chi connectivity index (χ3v) is 8.77. The molecule has 2 heterocycles. The number of hydrogen-bond donors (Lipinski definition) is 0. The van der Waals surface area contributed by atoms with Crippen LogP contribution >= 0.6 is 0 Å². The fraction of sp³-hybridized carbons (Fsp3) is 0.0714. The second-order valence-electron chi connectivity index (χ2n) is 12.0. The van der Waals surface area contributed by atoms with E-state index in [4.69, 9.17) is 24.4 Å². The molecule has 2 unspecified atom stereocenters. The fourth-order valence-electron chi connectivity index (χ4n) is 6.12. The summed E-state index contributed by atoms with van der Waals surface area (Å²) >= 11 is 0. The zero-order valence-electron chi connectivity index (χ0n) is 26.4. The van der Waals surface area contributed by atoms with Crippen molar-refractivity contribution in [1.82, 2.24) is 15.0 Å². The summed E-state index contributed by atoms with van der Waals surface area (Å²) in [5, 5.41) is 18.7. The predicted octanol–water partition coefficient (Wildman–Crippen LogP) is 10.0. The average Bonchev–Trinajstić information content (AvgIpc) is 3.17. The van der Waals surface area contributed by atoms with Gasteiger partial charge in [0.15, 0.2) is 34.6 Å². The molecular weight excluding hydrogens is 606 g/mol. The Balaban J connectivity index is 1.20. The number of nitriles is 2. The Hall–Kier alpha value is -6.83. The first kappa shape index (κ1) is 29.6. The van der Waals surface area contributed by atoms with Gasteiger partial charge in [-0.2, -0.15) is 10.5 Å². The molecule has 8 rings (SSSR count). The molecule has 0 saturated heterocycles. The lowest BCUT2D eigenvalue weighted by Crippen LogP contribution is -2.13. The van der Waals surface area contributed by atoms with Crippen LogP contribution in [-0.4, -0.2) is 15.0 Å². The van der Waals surface area contributed by atoms with Crippen molar-refractivity contribution in [2.45, 2.75) is 12.8 Å². The molecule has 1 aliphatic carbocycles. The molecule has 0 spiro atoms. The number of rotatable bonds is 5. The molecule has 7 heteroatoms. The average molecular weight is 634 g/mol. The monoisotopic (exact) mass is 633 g/mol. The van der Waals surface area contributed by atoms with Crippen LogP contribution in [0.3, 0.4) is 0 Å². The molecule has 1 aliphatic heterocycles. The van der Waals surface area contributed by atoms with E-state index in [2.05, 4.69) is 37.3 Å². The standard InChI is InChI=1S/C42H27N5O2/c1-26-7-5-6-10-33(26)42-46-40(31-8-3-2-4-9-31)45-41(47-42)32-19-20-36-37(21-32)49-39-23-35(30-17-13-28(25-44)14-18-30)34(22-38(39)48-36)29-15-11-27(24-43)12-16-29/h2-23,26,33H,1H3. The molecule has 232 valence electrons. The predicted molar refractivity (Wildman–Crippen MR) is 188 cm³/mol. The minimum Gasteiger partial charge on any atom is -0.449 e. The highest BCUT2D eigenvalue weighted by atomic mass is 16.6. The van der Waals surface area contributed by atoms with Crippen LogP contribution in [0.1, 0.15) is 29.8 Å². The van der Waals surface area contributed by atoms with Gasteiger partial charge < -0.3 is 9.47 Å². The Morgan fingerprint density at radius 3 is 1.65 bits per heavy atom. The Labute approximate surface area is 283 Å². The van der Waals surface area contributed by atoms with Gasteiger partial charge in [-0.25, -0.2) is 15.0 Å². The Morgan fingerprint density at radius 2 is 1.06 bits per heavy atom. The summed E-state index contributed by atoms with van der Waals surface area (Å²) in [7, 11) is 0. The van der Waals surface area contributed by atoms with E-state index in [1.807, 2.05) is 91.0 Å². The number of aromatic nitrogens is 3. The summed E-state index contributed by atoms with van der Waals surface area (Å²) in [5.41, 5.74) is 6.47. The molecule has 2 aliphatic rings. The highest BCUT2D eigenvalue weighted by Gasteiger charge is 2.25. The van der Waals surface area contributed by atoms with E-state index in [9.17, 15) is 10.5 Å². The topological polar surface area (TPSA) is 105 Å². The Kier molecular flexibility index (Phi) is 7.49. The van der Waals surface area contributed by atoms with Crippen LogP contribution in [-0.2, 0) is 0 Å². The first-order valence-electron chi connectivity index (χ1n) is 15.9. The van der Waals surface area contributed by atoms with Crippen LogP contribution in [0.2, 0.25) is 0 Å². The molecule has 0 radical (unpaired) electrons. The van der Waals surface area contributed by atoms with Crippen LogP contribution in [0.25, 0.3) is 45.0 Å². The van der Waals surface area contributed by atoms with Crippen molar-refractivity contribution in [3.63, 3.8) is 0 Å². The second-order valence-corrected chi connectivity index (χ2v) is 12.0. The van der Waals surface area contributed by atoms with Crippen molar-refractivity contribution in [3.05, 3.63) is 150 Å². The van der Waals surface area contributed by atoms with Crippen LogP contribution < -0.4 is 9.47 Å². The maximum atomic E-state index is 9.37. The van der Waals surface area contributed by atoms with E-state index in [0.717, 1.165) is 33.4 Å². The maximum Gasteiger partial charge on any atom is 0.170 e. The zero-order valence-corrected chi connectivity index (χ0v) is 26.4. The van der Waals surface area contributed by atoms with Gasteiger partial charge in [-0.1, -0.05) is 85.8 Å². The van der Waals surface area contributed by atoms with Gasteiger partial charge in [0.2, 0.25) is 0 Å². The van der Waals surface area contributed by atoms with E-state index >= 15 is 0 Å². The smallest absolute Gasteiger partial charge is 0.170 e. The third kappa shape index (κ3) is 5.71. The highest BCUT2D eigenvalue weighted by Crippen LogP contribution is 2.50. The molecular formula is C42H27N5O2. The molecule has 1 aromatic heterocycles. The number of fused-ring (bicyclic) bond motifs is 2. The van der Waals surface area contributed by atoms with E-state index in [1.165, 1.54) is 0 Å². The van der Waals surface area contributed by atoms with Gasteiger partial charge in [-0.05, 0) is 82.8 Å². The largest absolute Gasteiger partial charge is 0.449 e. The minimum atomic E-state index is 0.0178. The molecule has 6 aromatic rings. The van der Waals surface area contributed by atoms with Crippen molar-refractivity contribution >= 4 is 0 Å². The quantitative estimate of drug-likeness (QED) is 0.186. The number of nitrogens with zero attached hydrogens (tertiary/aromatic N) is 5. The summed E-state index contributed by atoms with van der Waals surface area (Å²) in [6.07, 6.45) is 8.39. The van der Waals surface area contributed by atoms with Crippen molar-refractivity contribution < 1.29 is 9.47 Å². The number of allylic oxidation sites excluding steroid dienone is 4. The van der Waals surface area contributed by atoms with Crippen molar-refractivity contribution in [2.75, 3.05) is 0 Å². The summed E-state index contributed by atoms with van der Waals surface area (Å²) in [6.45, 7) is 2.16. The summed E-state index contributed by atoms with van der Waals surface area (Å²) in [5.74, 6) is 4.35. The van der Waals surface area contributed by atoms with Gasteiger partial charge in [-0.15, -0.1) is 0 Å². The molecule has 0 amide bonds. The maximum absolute atomic E-state index is 9.37. The van der Waals surface area contributed by atoms with E-state index in [-0.39, 0.29) is 11.8 Å². The fourth-order valence-corrected chi connectivity index (χ4v) is 6.12. The van der Waals surface area contributed by atoms with Gasteiger partial charge in [0, 0.05) is 17.0 Å². The lowest BCUT2D eigenvalue weighted by atomic mass is 9.89. The number of hydrogen-bond acceptors (Lipinski definition) is 7. The normalized spacial score (nSPS) is 15.6. The van der Waals surface area contributed by atoms with E-state index in [1.54, 1.807) is 24.3 Å². The molecule has 0 N–H and O–H groups in total. The summed E-state index contributed by atoms with van der Waals surface area (Å²) < 4.78 is 13.0. The lowest BCUT2D eigenvalue weighted by molar-refractivity contribution is 0.360. The lowest BCUT2D eigenvalue weighted by Gasteiger charge is -2.24. The number of benzene rings is 5. The van der Waals surface area contributed by atoms with Crippen LogP contribution in [0.15, 0.2) is 133 Å². The molecule has 0 bridgehead atoms. The first-order valence-corrected chi connectivity index (χ1v) is 15.9. The molecule has 0 saturated carbocycles. The van der Waals surface area contributed by atoms with Crippen molar-refractivity contribution in [2.24, 2.45) is 5.92 Å². The van der Waals surface area contributed by atoms with Crippen LogP contribution in [0, 0.1) is 28.6 Å². The van der Waals surface area contributed by atoms with Crippen LogP contribution in [0.4, 0.5) is 0 Å². The third-order valence-electron chi connectivity index (χ3n) is 8.77. The van der Waals surface area contributed by atoms with Crippen molar-refractivity contribution in [1.29, 1.82) is 10.5 Å². The van der Waals surface area contributed by atoms with Crippen LogP contribution in [0.5, 0.6) is 23.0 Å². The molecule has 49 heavy (non-hydrogen) atoms. The molecule has 2 atom stereocenters. The second kappa shape index (κ2) is 12.4. The van der Waals surface area contributed by atoms with E-state index < -0.39 is 0 Å². The molecule has 7 nitrogen and oxygen atoms in total. The minimum absolute atomic E-state index is 0.0178.